The average Bonchev–Trinajstić information content (AvgIpc) is 2.99. The van der Waals surface area contributed by atoms with Gasteiger partial charge in [-0.15, -0.1) is 11.3 Å². The smallest absolute Gasteiger partial charge is 0.287 e. The number of rotatable bonds is 3. The first-order chi connectivity index (χ1) is 12.1. The third-order valence-electron chi connectivity index (χ3n) is 4.95. The standard InChI is InChI=1S/C18H18N4O2S/c1-12(13-2-3-18-17(9-13)20-11-25-18)21-6-4-14-8-15(22(23)24)10-19-16(14)5-7-21/h2-3,8-12H,4-7H2,1H3. The Morgan fingerprint density at radius 1 is 1.24 bits per heavy atom. The van der Waals surface area contributed by atoms with Crippen molar-refractivity contribution in [1.29, 1.82) is 0 Å². The average molecular weight is 354 g/mol. The van der Waals surface area contributed by atoms with Gasteiger partial charge in [0, 0.05) is 37.3 Å². The summed E-state index contributed by atoms with van der Waals surface area (Å²) in [6.07, 6.45) is 2.97. The molecule has 4 rings (SSSR count). The maximum Gasteiger partial charge on any atom is 0.287 e. The van der Waals surface area contributed by atoms with Crippen molar-refractivity contribution in [1.82, 2.24) is 14.9 Å². The fourth-order valence-corrected chi connectivity index (χ4v) is 4.08. The highest BCUT2D eigenvalue weighted by atomic mass is 32.1. The lowest BCUT2D eigenvalue weighted by molar-refractivity contribution is -0.385. The molecule has 1 aliphatic rings. The summed E-state index contributed by atoms with van der Waals surface area (Å²) in [6, 6.07) is 8.42. The van der Waals surface area contributed by atoms with Gasteiger partial charge in [0.2, 0.25) is 0 Å². The van der Waals surface area contributed by atoms with Crippen molar-refractivity contribution < 1.29 is 4.92 Å². The molecule has 0 N–H and O–H groups in total. The van der Waals surface area contributed by atoms with Crippen LogP contribution in [0.15, 0.2) is 36.0 Å². The van der Waals surface area contributed by atoms with Crippen LogP contribution in [0, 0.1) is 10.1 Å². The second kappa shape index (κ2) is 6.50. The maximum atomic E-state index is 11.0. The van der Waals surface area contributed by atoms with Crippen molar-refractivity contribution in [3.05, 3.63) is 62.9 Å². The second-order valence-electron chi connectivity index (χ2n) is 6.35. The highest BCUT2D eigenvalue weighted by Gasteiger charge is 2.22. The first-order valence-electron chi connectivity index (χ1n) is 8.31. The molecule has 6 nitrogen and oxygen atoms in total. The number of nitro groups is 1. The first kappa shape index (κ1) is 16.1. The van der Waals surface area contributed by atoms with Crippen molar-refractivity contribution in [2.45, 2.75) is 25.8 Å². The summed E-state index contributed by atoms with van der Waals surface area (Å²) in [7, 11) is 0. The number of aromatic nitrogens is 2. The SMILES string of the molecule is CC(c1ccc2scnc2c1)N1CCc2cc([N+](=O)[O-])cnc2CC1. The number of hydrogen-bond acceptors (Lipinski definition) is 6. The lowest BCUT2D eigenvalue weighted by Gasteiger charge is -2.27. The summed E-state index contributed by atoms with van der Waals surface area (Å²) < 4.78 is 1.20. The molecule has 1 aliphatic heterocycles. The molecule has 3 heterocycles. The van der Waals surface area contributed by atoms with E-state index in [9.17, 15) is 10.1 Å². The second-order valence-corrected chi connectivity index (χ2v) is 7.23. The van der Waals surface area contributed by atoms with Gasteiger partial charge in [0.1, 0.15) is 6.20 Å². The third kappa shape index (κ3) is 3.12. The predicted molar refractivity (Wildman–Crippen MR) is 97.9 cm³/mol. The number of thiazole rings is 1. The van der Waals surface area contributed by atoms with Crippen LogP contribution in [-0.2, 0) is 12.8 Å². The summed E-state index contributed by atoms with van der Waals surface area (Å²) in [5.74, 6) is 0. The van der Waals surface area contributed by atoms with Gasteiger partial charge in [-0.25, -0.2) is 4.98 Å². The molecule has 2 aromatic heterocycles. The van der Waals surface area contributed by atoms with Gasteiger partial charge in [-0.3, -0.25) is 20.0 Å². The van der Waals surface area contributed by atoms with Gasteiger partial charge >= 0.3 is 0 Å². The molecule has 1 unspecified atom stereocenters. The summed E-state index contributed by atoms with van der Waals surface area (Å²) in [4.78, 5) is 21.7. The van der Waals surface area contributed by atoms with Crippen LogP contribution in [0.5, 0.6) is 0 Å². The molecule has 0 fully saturated rings. The summed E-state index contributed by atoms with van der Waals surface area (Å²) in [5.41, 5.74) is 6.23. The fraction of sp³-hybridized carbons (Fsp3) is 0.333. The zero-order valence-electron chi connectivity index (χ0n) is 13.9. The topological polar surface area (TPSA) is 72.2 Å². The maximum absolute atomic E-state index is 11.0. The molecule has 7 heteroatoms. The van der Waals surface area contributed by atoms with Gasteiger partial charge in [0.25, 0.3) is 5.69 Å². The van der Waals surface area contributed by atoms with E-state index in [1.165, 1.54) is 16.5 Å². The summed E-state index contributed by atoms with van der Waals surface area (Å²) >= 11 is 1.65. The van der Waals surface area contributed by atoms with E-state index in [4.69, 9.17) is 0 Å². The Balaban J connectivity index is 1.55. The normalized spacial score (nSPS) is 16.4. The molecule has 1 aromatic carbocycles. The van der Waals surface area contributed by atoms with Gasteiger partial charge in [0.05, 0.1) is 20.7 Å². The van der Waals surface area contributed by atoms with E-state index >= 15 is 0 Å². The van der Waals surface area contributed by atoms with E-state index < -0.39 is 0 Å². The van der Waals surface area contributed by atoms with E-state index in [2.05, 4.69) is 40.0 Å². The number of pyridine rings is 1. The molecule has 128 valence electrons. The molecular formula is C18H18N4O2S. The number of benzene rings is 1. The van der Waals surface area contributed by atoms with E-state index in [1.54, 1.807) is 17.4 Å². The molecule has 0 bridgehead atoms. The van der Waals surface area contributed by atoms with Gasteiger partial charge in [0.15, 0.2) is 0 Å². The first-order valence-corrected chi connectivity index (χ1v) is 9.19. The van der Waals surface area contributed by atoms with Crippen molar-refractivity contribution in [2.75, 3.05) is 13.1 Å². The third-order valence-corrected chi connectivity index (χ3v) is 5.75. The Morgan fingerprint density at radius 3 is 2.92 bits per heavy atom. The van der Waals surface area contributed by atoms with E-state index in [1.807, 2.05) is 5.51 Å². The van der Waals surface area contributed by atoms with Crippen LogP contribution in [0.25, 0.3) is 10.2 Å². The lowest BCUT2D eigenvalue weighted by atomic mass is 10.1. The molecule has 0 spiro atoms. The minimum absolute atomic E-state index is 0.0780. The molecule has 25 heavy (non-hydrogen) atoms. The summed E-state index contributed by atoms with van der Waals surface area (Å²) in [5, 5.41) is 11.0. The quantitative estimate of drug-likeness (QED) is 0.529. The van der Waals surface area contributed by atoms with Gasteiger partial charge < -0.3 is 0 Å². The highest BCUT2D eigenvalue weighted by molar-refractivity contribution is 7.16. The van der Waals surface area contributed by atoms with Crippen LogP contribution in [0.3, 0.4) is 0 Å². The zero-order valence-corrected chi connectivity index (χ0v) is 14.7. The molecule has 0 saturated carbocycles. The Kier molecular flexibility index (Phi) is 4.19. The Hall–Kier alpha value is -2.38. The largest absolute Gasteiger partial charge is 0.296 e. The predicted octanol–water partition coefficient (Wildman–Crippen LogP) is 3.76. The fourth-order valence-electron chi connectivity index (χ4n) is 3.43. The molecule has 0 radical (unpaired) electrons. The Morgan fingerprint density at radius 2 is 2.08 bits per heavy atom. The van der Waals surface area contributed by atoms with Crippen LogP contribution < -0.4 is 0 Å². The minimum atomic E-state index is -0.373. The molecule has 3 aromatic rings. The van der Waals surface area contributed by atoms with Crippen molar-refractivity contribution in [3.63, 3.8) is 0 Å². The number of nitrogens with zero attached hydrogens (tertiary/aromatic N) is 4. The van der Waals surface area contributed by atoms with Crippen LogP contribution in [0.2, 0.25) is 0 Å². The van der Waals surface area contributed by atoms with E-state index in [0.717, 1.165) is 42.7 Å². The molecule has 0 aliphatic carbocycles. The van der Waals surface area contributed by atoms with Crippen LogP contribution >= 0.6 is 11.3 Å². The zero-order chi connectivity index (χ0) is 17.4. The monoisotopic (exact) mass is 354 g/mol. The molecule has 1 atom stereocenters. The number of fused-ring (bicyclic) bond motifs is 2. The lowest BCUT2D eigenvalue weighted by Crippen LogP contribution is -2.29. The Labute approximate surface area is 149 Å². The molecular weight excluding hydrogens is 336 g/mol. The van der Waals surface area contributed by atoms with E-state index in [0.29, 0.717) is 0 Å². The summed E-state index contributed by atoms with van der Waals surface area (Å²) in [6.45, 7) is 3.97. The Bertz CT molecular complexity index is 940. The van der Waals surface area contributed by atoms with E-state index in [-0.39, 0.29) is 16.7 Å². The van der Waals surface area contributed by atoms with Gasteiger partial charge in [-0.05, 0) is 36.6 Å². The van der Waals surface area contributed by atoms with Crippen LogP contribution in [-0.4, -0.2) is 32.9 Å². The van der Waals surface area contributed by atoms with Gasteiger partial charge in [-0.2, -0.15) is 0 Å². The van der Waals surface area contributed by atoms with Crippen molar-refractivity contribution in [2.24, 2.45) is 0 Å². The van der Waals surface area contributed by atoms with Crippen molar-refractivity contribution in [3.8, 4) is 0 Å². The van der Waals surface area contributed by atoms with Crippen molar-refractivity contribution >= 4 is 27.2 Å². The van der Waals surface area contributed by atoms with Crippen LogP contribution in [0.4, 0.5) is 5.69 Å². The highest BCUT2D eigenvalue weighted by Crippen LogP contribution is 2.28. The molecule has 0 saturated heterocycles. The number of hydrogen-bond donors (Lipinski definition) is 0. The molecule has 0 amide bonds. The van der Waals surface area contributed by atoms with Crippen LogP contribution in [0.1, 0.15) is 29.8 Å². The minimum Gasteiger partial charge on any atom is -0.296 e. The van der Waals surface area contributed by atoms with Gasteiger partial charge in [-0.1, -0.05) is 6.07 Å².